The highest BCUT2D eigenvalue weighted by atomic mass is 32.2. The molecular weight excluding hydrogens is 256 g/mol. The maximum absolute atomic E-state index is 12.0. The SMILES string of the molecule is COC(=O)CCNS(=O)(=O)c1c(C)cccc1N. The molecule has 0 radical (unpaired) electrons. The highest BCUT2D eigenvalue weighted by Crippen LogP contribution is 2.21. The first-order chi connectivity index (χ1) is 8.38. The van der Waals surface area contributed by atoms with Crippen LogP contribution in [0.1, 0.15) is 12.0 Å². The third kappa shape index (κ3) is 3.44. The van der Waals surface area contributed by atoms with Gasteiger partial charge in [-0.05, 0) is 18.6 Å². The summed E-state index contributed by atoms with van der Waals surface area (Å²) in [4.78, 5) is 10.9. The van der Waals surface area contributed by atoms with Crippen molar-refractivity contribution in [3.8, 4) is 0 Å². The van der Waals surface area contributed by atoms with E-state index >= 15 is 0 Å². The zero-order valence-corrected chi connectivity index (χ0v) is 11.1. The fraction of sp³-hybridized carbons (Fsp3) is 0.364. The number of hydrogen-bond acceptors (Lipinski definition) is 5. The summed E-state index contributed by atoms with van der Waals surface area (Å²) in [6, 6.07) is 4.85. The van der Waals surface area contributed by atoms with Crippen LogP contribution in [0.2, 0.25) is 0 Å². The molecule has 18 heavy (non-hydrogen) atoms. The second kappa shape index (κ2) is 5.83. The molecule has 0 unspecified atom stereocenters. The molecule has 1 rings (SSSR count). The van der Waals surface area contributed by atoms with Gasteiger partial charge in [0, 0.05) is 6.54 Å². The Morgan fingerprint density at radius 3 is 2.67 bits per heavy atom. The van der Waals surface area contributed by atoms with Crippen LogP contribution in [0.15, 0.2) is 23.1 Å². The Labute approximate surface area is 106 Å². The molecule has 100 valence electrons. The molecule has 0 fully saturated rings. The number of nitrogen functional groups attached to an aromatic ring is 1. The molecule has 0 saturated heterocycles. The van der Waals surface area contributed by atoms with Gasteiger partial charge in [-0.2, -0.15) is 0 Å². The monoisotopic (exact) mass is 272 g/mol. The van der Waals surface area contributed by atoms with Crippen LogP contribution in [0.4, 0.5) is 5.69 Å². The van der Waals surface area contributed by atoms with Gasteiger partial charge in [0.1, 0.15) is 4.90 Å². The molecule has 0 aliphatic rings. The van der Waals surface area contributed by atoms with E-state index in [2.05, 4.69) is 9.46 Å². The number of esters is 1. The van der Waals surface area contributed by atoms with Gasteiger partial charge in [-0.15, -0.1) is 0 Å². The zero-order chi connectivity index (χ0) is 13.8. The second-order valence-electron chi connectivity index (χ2n) is 3.72. The zero-order valence-electron chi connectivity index (χ0n) is 10.3. The number of nitrogens with one attached hydrogen (secondary N) is 1. The van der Waals surface area contributed by atoms with Gasteiger partial charge >= 0.3 is 5.97 Å². The lowest BCUT2D eigenvalue weighted by Crippen LogP contribution is -2.27. The van der Waals surface area contributed by atoms with Crippen LogP contribution < -0.4 is 10.5 Å². The van der Waals surface area contributed by atoms with Crippen LogP contribution in [0.5, 0.6) is 0 Å². The van der Waals surface area contributed by atoms with E-state index in [1.807, 2.05) is 0 Å². The predicted molar refractivity (Wildman–Crippen MR) is 67.4 cm³/mol. The van der Waals surface area contributed by atoms with Gasteiger partial charge in [-0.3, -0.25) is 4.79 Å². The van der Waals surface area contributed by atoms with Gasteiger partial charge in [0.05, 0.1) is 19.2 Å². The number of methoxy groups -OCH3 is 1. The number of ether oxygens (including phenoxy) is 1. The number of anilines is 1. The lowest BCUT2D eigenvalue weighted by Gasteiger charge is -2.11. The number of nitrogens with two attached hydrogens (primary N) is 1. The van der Waals surface area contributed by atoms with Gasteiger partial charge < -0.3 is 10.5 Å². The van der Waals surface area contributed by atoms with E-state index in [9.17, 15) is 13.2 Å². The summed E-state index contributed by atoms with van der Waals surface area (Å²) in [5.41, 5.74) is 6.39. The average molecular weight is 272 g/mol. The second-order valence-corrected chi connectivity index (χ2v) is 5.42. The van der Waals surface area contributed by atoms with Crippen LogP contribution >= 0.6 is 0 Å². The van der Waals surface area contributed by atoms with E-state index in [-0.39, 0.29) is 23.5 Å². The van der Waals surface area contributed by atoms with Gasteiger partial charge in [-0.1, -0.05) is 12.1 Å². The number of carbonyl (C=O) groups excluding carboxylic acids is 1. The maximum atomic E-state index is 12.0. The van der Waals surface area contributed by atoms with E-state index < -0.39 is 16.0 Å². The number of sulfonamides is 1. The Kier molecular flexibility index (Phi) is 4.69. The average Bonchev–Trinajstić information content (AvgIpc) is 2.27. The lowest BCUT2D eigenvalue weighted by molar-refractivity contribution is -0.140. The molecule has 1 aromatic carbocycles. The number of rotatable bonds is 5. The number of aryl methyl sites for hydroxylation is 1. The Hall–Kier alpha value is -1.60. The Morgan fingerprint density at radius 2 is 2.11 bits per heavy atom. The summed E-state index contributed by atoms with van der Waals surface area (Å²) >= 11 is 0. The standard InChI is InChI=1S/C11H16N2O4S/c1-8-4-3-5-9(12)11(8)18(15,16)13-7-6-10(14)17-2/h3-5,13H,6-7,12H2,1-2H3. The lowest BCUT2D eigenvalue weighted by atomic mass is 10.2. The fourth-order valence-corrected chi connectivity index (χ4v) is 2.89. The number of benzene rings is 1. The van der Waals surface area contributed by atoms with E-state index in [0.29, 0.717) is 5.56 Å². The summed E-state index contributed by atoms with van der Waals surface area (Å²) in [5, 5.41) is 0. The molecule has 6 nitrogen and oxygen atoms in total. The van der Waals surface area contributed by atoms with Gasteiger partial charge in [0.15, 0.2) is 0 Å². The number of hydrogen-bond donors (Lipinski definition) is 2. The molecule has 0 bridgehead atoms. The quantitative estimate of drug-likeness (QED) is 0.598. The van der Waals surface area contributed by atoms with Gasteiger partial charge in [0.2, 0.25) is 10.0 Å². The largest absolute Gasteiger partial charge is 0.469 e. The minimum absolute atomic E-state index is 0.0250. The Bertz CT molecular complexity index is 520. The summed E-state index contributed by atoms with van der Waals surface area (Å²) in [6.07, 6.45) is -0.0263. The van der Waals surface area contributed by atoms with Crippen molar-refractivity contribution in [1.29, 1.82) is 0 Å². The first-order valence-corrected chi connectivity index (χ1v) is 6.78. The van der Waals surface area contributed by atoms with Crippen molar-refractivity contribution in [2.24, 2.45) is 0 Å². The van der Waals surface area contributed by atoms with Crippen LogP contribution in [0.25, 0.3) is 0 Å². The molecule has 1 aromatic rings. The molecule has 0 aliphatic carbocycles. The first-order valence-electron chi connectivity index (χ1n) is 5.30. The van der Waals surface area contributed by atoms with Crippen molar-refractivity contribution in [2.45, 2.75) is 18.2 Å². The van der Waals surface area contributed by atoms with E-state index in [4.69, 9.17) is 5.73 Å². The minimum Gasteiger partial charge on any atom is -0.469 e. The number of carbonyl (C=O) groups is 1. The Morgan fingerprint density at radius 1 is 1.44 bits per heavy atom. The molecule has 3 N–H and O–H groups in total. The summed E-state index contributed by atoms with van der Waals surface area (Å²) in [6.45, 7) is 1.63. The van der Waals surface area contributed by atoms with Crippen molar-refractivity contribution in [2.75, 3.05) is 19.4 Å². The highest BCUT2D eigenvalue weighted by Gasteiger charge is 2.19. The fourth-order valence-electron chi connectivity index (χ4n) is 1.50. The van der Waals surface area contributed by atoms with Crippen molar-refractivity contribution in [3.05, 3.63) is 23.8 Å². The molecule has 0 saturated carbocycles. The first kappa shape index (κ1) is 14.5. The van der Waals surface area contributed by atoms with Crippen LogP contribution in [-0.2, 0) is 19.6 Å². The minimum atomic E-state index is -3.71. The predicted octanol–water partition coefficient (Wildman–Crippen LogP) is 0.419. The van der Waals surface area contributed by atoms with Crippen molar-refractivity contribution in [1.82, 2.24) is 4.72 Å². The summed E-state index contributed by atoms with van der Waals surface area (Å²) < 4.78 is 30.7. The highest BCUT2D eigenvalue weighted by molar-refractivity contribution is 7.89. The maximum Gasteiger partial charge on any atom is 0.306 e. The molecule has 0 amide bonds. The van der Waals surface area contributed by atoms with Crippen LogP contribution in [0.3, 0.4) is 0 Å². The van der Waals surface area contributed by atoms with E-state index in [1.54, 1.807) is 19.1 Å². The van der Waals surface area contributed by atoms with Crippen LogP contribution in [-0.4, -0.2) is 28.0 Å². The van der Waals surface area contributed by atoms with E-state index in [0.717, 1.165) is 0 Å². The third-order valence-corrected chi connectivity index (χ3v) is 4.04. The normalized spacial score (nSPS) is 11.2. The molecular formula is C11H16N2O4S. The Balaban J connectivity index is 2.84. The van der Waals surface area contributed by atoms with Crippen molar-refractivity contribution < 1.29 is 17.9 Å². The molecule has 0 aromatic heterocycles. The molecule has 0 heterocycles. The molecule has 0 atom stereocenters. The molecule has 0 aliphatic heterocycles. The van der Waals surface area contributed by atoms with Crippen LogP contribution in [0, 0.1) is 6.92 Å². The van der Waals surface area contributed by atoms with Crippen molar-refractivity contribution in [3.63, 3.8) is 0 Å². The van der Waals surface area contributed by atoms with Gasteiger partial charge in [0.25, 0.3) is 0 Å². The van der Waals surface area contributed by atoms with E-state index in [1.165, 1.54) is 13.2 Å². The molecule has 7 heteroatoms. The topological polar surface area (TPSA) is 98.5 Å². The smallest absolute Gasteiger partial charge is 0.306 e. The summed E-state index contributed by atoms with van der Waals surface area (Å²) in [7, 11) is -2.46. The third-order valence-electron chi connectivity index (χ3n) is 2.36. The summed E-state index contributed by atoms with van der Waals surface area (Å²) in [5.74, 6) is -0.476. The van der Waals surface area contributed by atoms with Crippen molar-refractivity contribution >= 4 is 21.7 Å². The van der Waals surface area contributed by atoms with Gasteiger partial charge in [-0.25, -0.2) is 13.1 Å². The molecule has 0 spiro atoms.